The molecule has 27 heavy (non-hydrogen) atoms. The number of amides is 1. The number of benzene rings is 2. The molecular formula is C18H20N2O6S. The zero-order valence-electron chi connectivity index (χ0n) is 15.1. The normalized spacial score (nSPS) is 10.8. The van der Waals surface area contributed by atoms with Crippen molar-refractivity contribution in [1.82, 2.24) is 5.32 Å². The van der Waals surface area contributed by atoms with E-state index in [1.165, 1.54) is 26.3 Å². The number of nitrogens with one attached hydrogen (secondary N) is 1. The number of carbonyl (C=O) groups excluding carboxylic acids is 2. The number of anilines is 1. The highest BCUT2D eigenvalue weighted by Crippen LogP contribution is 2.38. The first-order chi connectivity index (χ1) is 12.8. The van der Waals surface area contributed by atoms with Gasteiger partial charge in [0.25, 0.3) is 0 Å². The van der Waals surface area contributed by atoms with Gasteiger partial charge in [0.15, 0.2) is 11.5 Å². The molecule has 0 aliphatic rings. The standard InChI is InChI=1S/C18H20N2O6S/c1-20(27(3,23)24)15-10-17(25-2)14(16(22)11-19-12-21)9-18(15)26-13-7-5-4-6-8-13/h4-10,12H,11H2,1-3H3,(H,19,21). The Morgan fingerprint density at radius 1 is 1.19 bits per heavy atom. The number of carbonyl (C=O) groups is 2. The Morgan fingerprint density at radius 2 is 1.85 bits per heavy atom. The van der Waals surface area contributed by atoms with Gasteiger partial charge in [0.1, 0.15) is 11.5 Å². The summed E-state index contributed by atoms with van der Waals surface area (Å²) in [5.41, 5.74) is 0.363. The molecule has 0 aliphatic carbocycles. The lowest BCUT2D eigenvalue weighted by molar-refractivity contribution is -0.109. The molecule has 8 nitrogen and oxygen atoms in total. The van der Waals surface area contributed by atoms with E-state index < -0.39 is 15.8 Å². The molecular weight excluding hydrogens is 372 g/mol. The Labute approximate surface area is 157 Å². The van der Waals surface area contributed by atoms with Crippen molar-refractivity contribution in [2.45, 2.75) is 0 Å². The van der Waals surface area contributed by atoms with Crippen LogP contribution in [-0.4, -0.2) is 47.6 Å². The quantitative estimate of drug-likeness (QED) is 0.516. The molecule has 0 radical (unpaired) electrons. The summed E-state index contributed by atoms with van der Waals surface area (Å²) < 4.78 is 36.1. The molecule has 0 unspecified atom stereocenters. The number of ether oxygens (including phenoxy) is 2. The maximum absolute atomic E-state index is 12.4. The molecule has 144 valence electrons. The van der Waals surface area contributed by atoms with Gasteiger partial charge in [-0.2, -0.15) is 0 Å². The van der Waals surface area contributed by atoms with Gasteiger partial charge in [-0.05, 0) is 18.2 Å². The maximum Gasteiger partial charge on any atom is 0.232 e. The average molecular weight is 392 g/mol. The molecule has 0 aliphatic heterocycles. The minimum Gasteiger partial charge on any atom is -0.496 e. The number of methoxy groups -OCH3 is 1. The van der Waals surface area contributed by atoms with Crippen molar-refractivity contribution in [2.24, 2.45) is 0 Å². The van der Waals surface area contributed by atoms with Crippen LogP contribution < -0.4 is 19.1 Å². The Balaban J connectivity index is 2.60. The summed E-state index contributed by atoms with van der Waals surface area (Å²) in [5, 5.41) is 2.30. The predicted octanol–water partition coefficient (Wildman–Crippen LogP) is 1.81. The first-order valence-corrected chi connectivity index (χ1v) is 9.71. The van der Waals surface area contributed by atoms with Gasteiger partial charge in [-0.1, -0.05) is 18.2 Å². The van der Waals surface area contributed by atoms with Crippen LogP contribution in [0, 0.1) is 0 Å². The van der Waals surface area contributed by atoms with E-state index in [0.717, 1.165) is 10.6 Å². The molecule has 0 saturated carbocycles. The van der Waals surface area contributed by atoms with Crippen LogP contribution in [0.2, 0.25) is 0 Å². The molecule has 1 amide bonds. The first kappa shape index (κ1) is 20.2. The predicted molar refractivity (Wildman–Crippen MR) is 101 cm³/mol. The third-order valence-electron chi connectivity index (χ3n) is 3.74. The highest BCUT2D eigenvalue weighted by Gasteiger charge is 2.23. The fraction of sp³-hybridized carbons (Fsp3) is 0.222. The molecule has 0 atom stereocenters. The van der Waals surface area contributed by atoms with E-state index in [1.54, 1.807) is 24.3 Å². The average Bonchev–Trinajstić information content (AvgIpc) is 2.65. The zero-order chi connectivity index (χ0) is 20.0. The lowest BCUT2D eigenvalue weighted by atomic mass is 10.1. The van der Waals surface area contributed by atoms with E-state index in [0.29, 0.717) is 12.2 Å². The zero-order valence-corrected chi connectivity index (χ0v) is 15.9. The first-order valence-electron chi connectivity index (χ1n) is 7.87. The van der Waals surface area contributed by atoms with Gasteiger partial charge in [-0.3, -0.25) is 13.9 Å². The molecule has 1 N–H and O–H groups in total. The number of Topliss-reactive ketones (excluding diaryl/α,β-unsaturated/α-hetero) is 1. The van der Waals surface area contributed by atoms with Gasteiger partial charge in [0.05, 0.1) is 31.2 Å². The maximum atomic E-state index is 12.4. The van der Waals surface area contributed by atoms with Crippen LogP contribution in [0.4, 0.5) is 5.69 Å². The van der Waals surface area contributed by atoms with Crippen molar-refractivity contribution in [1.29, 1.82) is 0 Å². The summed E-state index contributed by atoms with van der Waals surface area (Å²) in [6.07, 6.45) is 1.47. The van der Waals surface area contributed by atoms with Gasteiger partial charge in [0.2, 0.25) is 16.4 Å². The fourth-order valence-corrected chi connectivity index (χ4v) is 2.79. The number of para-hydroxylation sites is 1. The Bertz CT molecular complexity index is 928. The van der Waals surface area contributed by atoms with E-state index in [1.807, 2.05) is 6.07 Å². The minimum atomic E-state index is -3.59. The van der Waals surface area contributed by atoms with Crippen LogP contribution in [0.3, 0.4) is 0 Å². The third-order valence-corrected chi connectivity index (χ3v) is 4.93. The lowest BCUT2D eigenvalue weighted by Gasteiger charge is -2.22. The van der Waals surface area contributed by atoms with E-state index in [-0.39, 0.29) is 29.3 Å². The summed E-state index contributed by atoms with van der Waals surface area (Å²) in [7, 11) is -0.854. The third kappa shape index (κ3) is 4.98. The van der Waals surface area contributed by atoms with E-state index >= 15 is 0 Å². The van der Waals surface area contributed by atoms with Crippen molar-refractivity contribution in [3.63, 3.8) is 0 Å². The smallest absolute Gasteiger partial charge is 0.232 e. The summed E-state index contributed by atoms with van der Waals surface area (Å²) in [4.78, 5) is 22.8. The SMILES string of the molecule is COc1cc(N(C)S(C)(=O)=O)c(Oc2ccccc2)cc1C(=O)CNC=O. The summed E-state index contributed by atoms with van der Waals surface area (Å²) in [5.74, 6) is 0.378. The molecule has 0 heterocycles. The van der Waals surface area contributed by atoms with Crippen molar-refractivity contribution in [3.05, 3.63) is 48.0 Å². The molecule has 0 fully saturated rings. The van der Waals surface area contributed by atoms with Crippen LogP contribution >= 0.6 is 0 Å². The van der Waals surface area contributed by atoms with E-state index in [2.05, 4.69) is 5.32 Å². The van der Waals surface area contributed by atoms with Crippen LogP contribution in [-0.2, 0) is 14.8 Å². The largest absolute Gasteiger partial charge is 0.496 e. The van der Waals surface area contributed by atoms with Gasteiger partial charge in [-0.25, -0.2) is 8.42 Å². The number of ketones is 1. The topological polar surface area (TPSA) is 102 Å². The number of rotatable bonds is 9. The fourth-order valence-electron chi connectivity index (χ4n) is 2.29. The van der Waals surface area contributed by atoms with Crippen molar-refractivity contribution in [2.75, 3.05) is 31.3 Å². The van der Waals surface area contributed by atoms with Crippen LogP contribution in [0.5, 0.6) is 17.2 Å². The molecule has 0 aromatic heterocycles. The number of hydrogen-bond donors (Lipinski definition) is 1. The highest BCUT2D eigenvalue weighted by molar-refractivity contribution is 7.92. The molecule has 0 bridgehead atoms. The van der Waals surface area contributed by atoms with Gasteiger partial charge in [0, 0.05) is 13.1 Å². The summed E-state index contributed by atoms with van der Waals surface area (Å²) in [6.45, 7) is -0.230. The van der Waals surface area contributed by atoms with Gasteiger partial charge in [-0.15, -0.1) is 0 Å². The van der Waals surface area contributed by atoms with Crippen molar-refractivity contribution < 1.29 is 27.5 Å². The Morgan fingerprint density at radius 3 is 2.41 bits per heavy atom. The van der Waals surface area contributed by atoms with Gasteiger partial charge >= 0.3 is 0 Å². The molecule has 2 aromatic carbocycles. The van der Waals surface area contributed by atoms with Crippen LogP contribution in [0.25, 0.3) is 0 Å². The number of sulfonamides is 1. The summed E-state index contributed by atoms with van der Waals surface area (Å²) >= 11 is 0. The molecule has 2 aromatic rings. The molecule has 2 rings (SSSR count). The van der Waals surface area contributed by atoms with Crippen molar-refractivity contribution >= 4 is 27.9 Å². The molecule has 0 spiro atoms. The Hall–Kier alpha value is -3.07. The molecule has 0 saturated heterocycles. The Kier molecular flexibility index (Phi) is 6.40. The summed E-state index contributed by atoms with van der Waals surface area (Å²) in [6, 6.07) is 11.5. The van der Waals surface area contributed by atoms with E-state index in [9.17, 15) is 18.0 Å². The minimum absolute atomic E-state index is 0.156. The molecule has 9 heteroatoms. The van der Waals surface area contributed by atoms with E-state index in [4.69, 9.17) is 9.47 Å². The number of nitrogens with zero attached hydrogens (tertiary/aromatic N) is 1. The lowest BCUT2D eigenvalue weighted by Crippen LogP contribution is -2.26. The second kappa shape index (κ2) is 8.54. The number of hydrogen-bond acceptors (Lipinski definition) is 6. The second-order valence-corrected chi connectivity index (χ2v) is 7.60. The van der Waals surface area contributed by atoms with Crippen LogP contribution in [0.1, 0.15) is 10.4 Å². The monoisotopic (exact) mass is 392 g/mol. The van der Waals surface area contributed by atoms with Crippen LogP contribution in [0.15, 0.2) is 42.5 Å². The van der Waals surface area contributed by atoms with Gasteiger partial charge < -0.3 is 14.8 Å². The van der Waals surface area contributed by atoms with Crippen molar-refractivity contribution in [3.8, 4) is 17.2 Å². The highest BCUT2D eigenvalue weighted by atomic mass is 32.2. The second-order valence-electron chi connectivity index (χ2n) is 5.59.